The van der Waals surface area contributed by atoms with Crippen molar-refractivity contribution in [2.45, 2.75) is 85.4 Å². The maximum atomic E-state index is 11.3. The molecule has 218 valence electrons. The standard InChI is InChI=1S/C37H44N2O2Si/c1-22(2)24-19-30(23(3)4)35(40)31(20-24)36-39-34-29(12-11-13-33(34)41-36)25-16-26(18-27(17-25)37(5,6)7)32-21-28(14-15-38-32)42(8,9)10/h11-23,40H,1-10H3. The molecule has 0 bridgehead atoms. The molecule has 0 atom stereocenters. The smallest absolute Gasteiger partial charge is 0.231 e. The van der Waals surface area contributed by atoms with Crippen LogP contribution in [0, 0.1) is 0 Å². The van der Waals surface area contributed by atoms with E-state index in [0.717, 1.165) is 39.0 Å². The summed E-state index contributed by atoms with van der Waals surface area (Å²) in [5, 5.41) is 12.7. The van der Waals surface area contributed by atoms with E-state index in [1.807, 2.05) is 24.4 Å². The lowest BCUT2D eigenvalue weighted by Gasteiger charge is -2.22. The Hall–Kier alpha value is -3.70. The van der Waals surface area contributed by atoms with Crippen LogP contribution in [0.1, 0.15) is 77.0 Å². The van der Waals surface area contributed by atoms with Gasteiger partial charge in [-0.25, -0.2) is 4.98 Å². The molecule has 2 aromatic heterocycles. The second kappa shape index (κ2) is 10.8. The van der Waals surface area contributed by atoms with E-state index >= 15 is 0 Å². The number of rotatable bonds is 6. The first-order valence-corrected chi connectivity index (χ1v) is 18.5. The van der Waals surface area contributed by atoms with E-state index in [0.29, 0.717) is 23.0 Å². The molecule has 0 amide bonds. The van der Waals surface area contributed by atoms with Crippen LogP contribution in [0.4, 0.5) is 0 Å². The quantitative estimate of drug-likeness (QED) is 0.204. The fourth-order valence-corrected chi connectivity index (χ4v) is 6.48. The third kappa shape index (κ3) is 5.80. The van der Waals surface area contributed by atoms with Gasteiger partial charge in [0, 0.05) is 17.3 Å². The second-order valence-electron chi connectivity index (χ2n) is 14.2. The predicted molar refractivity (Wildman–Crippen MR) is 180 cm³/mol. The zero-order chi connectivity index (χ0) is 30.6. The first-order chi connectivity index (χ1) is 19.6. The molecule has 2 heterocycles. The first kappa shape index (κ1) is 29.8. The van der Waals surface area contributed by atoms with E-state index in [2.05, 4.69) is 111 Å². The van der Waals surface area contributed by atoms with E-state index < -0.39 is 8.07 Å². The number of aromatic nitrogens is 2. The normalized spacial score (nSPS) is 12.6. The Balaban J connectivity index is 1.71. The molecule has 5 heteroatoms. The van der Waals surface area contributed by atoms with Crippen LogP contribution in [-0.2, 0) is 5.41 Å². The molecule has 0 aliphatic heterocycles. The molecule has 0 saturated carbocycles. The number of fused-ring (bicyclic) bond motifs is 1. The molecule has 0 unspecified atom stereocenters. The Kier molecular flexibility index (Phi) is 7.69. The molecule has 0 fully saturated rings. The molecule has 42 heavy (non-hydrogen) atoms. The largest absolute Gasteiger partial charge is 0.507 e. The van der Waals surface area contributed by atoms with E-state index in [1.54, 1.807) is 0 Å². The van der Waals surface area contributed by atoms with Gasteiger partial charge in [0.1, 0.15) is 11.3 Å². The molecule has 0 spiro atoms. The van der Waals surface area contributed by atoms with E-state index in [4.69, 9.17) is 14.4 Å². The van der Waals surface area contributed by atoms with Gasteiger partial charge in [0.05, 0.1) is 19.3 Å². The molecule has 0 aliphatic carbocycles. The van der Waals surface area contributed by atoms with Gasteiger partial charge in [-0.1, -0.05) is 97.6 Å². The summed E-state index contributed by atoms with van der Waals surface area (Å²) in [7, 11) is -1.50. The van der Waals surface area contributed by atoms with Crippen LogP contribution < -0.4 is 5.19 Å². The summed E-state index contributed by atoms with van der Waals surface area (Å²) in [4.78, 5) is 9.83. The minimum atomic E-state index is -1.50. The third-order valence-electron chi connectivity index (χ3n) is 8.13. The highest BCUT2D eigenvalue weighted by molar-refractivity contribution is 6.88. The van der Waals surface area contributed by atoms with Gasteiger partial charge in [-0.3, -0.25) is 4.98 Å². The van der Waals surface area contributed by atoms with Crippen molar-refractivity contribution in [3.05, 3.63) is 83.6 Å². The van der Waals surface area contributed by atoms with Crippen LogP contribution in [-0.4, -0.2) is 23.1 Å². The predicted octanol–water partition coefficient (Wildman–Crippen LogP) is 10.0. The fraction of sp³-hybridized carbons (Fsp3) is 0.351. The minimum Gasteiger partial charge on any atom is -0.507 e. The summed E-state index contributed by atoms with van der Waals surface area (Å²) in [6.07, 6.45) is 1.94. The maximum absolute atomic E-state index is 11.3. The first-order valence-electron chi connectivity index (χ1n) is 15.0. The summed E-state index contributed by atoms with van der Waals surface area (Å²) in [5.41, 5.74) is 9.54. The number of pyridine rings is 1. The highest BCUT2D eigenvalue weighted by Crippen LogP contribution is 2.41. The Morgan fingerprint density at radius 3 is 2.17 bits per heavy atom. The Morgan fingerprint density at radius 1 is 0.810 bits per heavy atom. The van der Waals surface area contributed by atoms with Gasteiger partial charge in [0.15, 0.2) is 5.58 Å². The molecule has 4 nitrogen and oxygen atoms in total. The lowest BCUT2D eigenvalue weighted by molar-refractivity contribution is 0.463. The topological polar surface area (TPSA) is 59.2 Å². The number of phenols is 1. The van der Waals surface area contributed by atoms with Crippen LogP contribution in [0.5, 0.6) is 5.75 Å². The van der Waals surface area contributed by atoms with E-state index in [1.165, 1.54) is 10.8 Å². The zero-order valence-corrected chi connectivity index (χ0v) is 27.8. The average Bonchev–Trinajstić information content (AvgIpc) is 3.36. The number of para-hydroxylation sites is 1. The van der Waals surface area contributed by atoms with Gasteiger partial charge in [-0.15, -0.1) is 0 Å². The third-order valence-corrected chi connectivity index (χ3v) is 10.2. The van der Waals surface area contributed by atoms with Crippen LogP contribution in [0.3, 0.4) is 0 Å². The van der Waals surface area contributed by atoms with Crippen molar-refractivity contribution in [2.75, 3.05) is 0 Å². The summed E-state index contributed by atoms with van der Waals surface area (Å²) in [5.74, 6) is 1.17. The van der Waals surface area contributed by atoms with Crippen LogP contribution in [0.25, 0.3) is 44.9 Å². The number of nitrogens with zero attached hydrogens (tertiary/aromatic N) is 2. The summed E-state index contributed by atoms with van der Waals surface area (Å²) in [6.45, 7) is 22.4. The highest BCUT2D eigenvalue weighted by Gasteiger charge is 2.23. The monoisotopic (exact) mass is 576 g/mol. The van der Waals surface area contributed by atoms with Crippen molar-refractivity contribution in [3.63, 3.8) is 0 Å². The lowest BCUT2D eigenvalue weighted by atomic mass is 9.83. The van der Waals surface area contributed by atoms with Crippen molar-refractivity contribution in [3.8, 4) is 39.6 Å². The Labute approximate surface area is 251 Å². The van der Waals surface area contributed by atoms with Gasteiger partial charge < -0.3 is 9.52 Å². The average molecular weight is 577 g/mol. The molecule has 5 aromatic rings. The van der Waals surface area contributed by atoms with Crippen LogP contribution >= 0.6 is 0 Å². The number of hydrogen-bond acceptors (Lipinski definition) is 4. The van der Waals surface area contributed by atoms with Crippen molar-refractivity contribution < 1.29 is 9.52 Å². The van der Waals surface area contributed by atoms with Gasteiger partial charge in [0.25, 0.3) is 0 Å². The van der Waals surface area contributed by atoms with Gasteiger partial charge >= 0.3 is 0 Å². The minimum absolute atomic E-state index is 0.0552. The summed E-state index contributed by atoms with van der Waals surface area (Å²) >= 11 is 0. The number of aromatic hydroxyl groups is 1. The molecule has 1 N–H and O–H groups in total. The zero-order valence-electron chi connectivity index (χ0n) is 26.8. The molecular weight excluding hydrogens is 533 g/mol. The molecule has 0 saturated heterocycles. The second-order valence-corrected chi connectivity index (χ2v) is 19.3. The Morgan fingerprint density at radius 2 is 1.52 bits per heavy atom. The van der Waals surface area contributed by atoms with Crippen molar-refractivity contribution in [1.29, 1.82) is 0 Å². The highest BCUT2D eigenvalue weighted by atomic mass is 28.3. The van der Waals surface area contributed by atoms with Crippen LogP contribution in [0.2, 0.25) is 19.6 Å². The van der Waals surface area contributed by atoms with Gasteiger partial charge in [0.2, 0.25) is 5.89 Å². The molecule has 0 aliphatic rings. The van der Waals surface area contributed by atoms with Crippen LogP contribution in [0.15, 0.2) is 71.3 Å². The lowest BCUT2D eigenvalue weighted by Crippen LogP contribution is -2.37. The number of oxazole rings is 1. The fourth-order valence-electron chi connectivity index (χ4n) is 5.33. The van der Waals surface area contributed by atoms with Gasteiger partial charge in [-0.2, -0.15) is 0 Å². The molecule has 0 radical (unpaired) electrons. The molecule has 5 rings (SSSR count). The Bertz CT molecular complexity index is 1770. The number of benzene rings is 3. The van der Waals surface area contributed by atoms with Crippen molar-refractivity contribution in [1.82, 2.24) is 9.97 Å². The summed E-state index contributed by atoms with van der Waals surface area (Å²) in [6, 6.07) is 21.4. The summed E-state index contributed by atoms with van der Waals surface area (Å²) < 4.78 is 6.35. The van der Waals surface area contributed by atoms with Crippen molar-refractivity contribution in [2.24, 2.45) is 0 Å². The van der Waals surface area contributed by atoms with Gasteiger partial charge in [-0.05, 0) is 75.9 Å². The van der Waals surface area contributed by atoms with E-state index in [-0.39, 0.29) is 17.1 Å². The number of hydrogen-bond donors (Lipinski definition) is 1. The SMILES string of the molecule is CC(C)c1cc(-c2nc3c(-c4cc(-c5cc([Si](C)(C)C)ccn5)cc(C(C)(C)C)c4)cccc3o2)c(O)c(C(C)C)c1. The van der Waals surface area contributed by atoms with Crippen molar-refractivity contribution >= 4 is 24.4 Å². The molecule has 3 aromatic carbocycles. The molecular formula is C37H44N2O2Si. The van der Waals surface area contributed by atoms with E-state index in [9.17, 15) is 5.11 Å². The maximum Gasteiger partial charge on any atom is 0.231 e. The number of phenolic OH excluding ortho intramolecular Hbond substituents is 1.